The van der Waals surface area contributed by atoms with Crippen LogP contribution in [0.3, 0.4) is 0 Å². The summed E-state index contributed by atoms with van der Waals surface area (Å²) >= 11 is 0. The number of alkyl halides is 3. The first-order valence-corrected chi connectivity index (χ1v) is 13.3. The van der Waals surface area contributed by atoms with E-state index in [0.717, 1.165) is 40.9 Å². The van der Waals surface area contributed by atoms with Crippen LogP contribution >= 0.6 is 0 Å². The van der Waals surface area contributed by atoms with Crippen molar-refractivity contribution in [3.63, 3.8) is 0 Å². The van der Waals surface area contributed by atoms with Crippen LogP contribution in [0.4, 0.5) is 29.5 Å². The quantitative estimate of drug-likeness (QED) is 0.222. The molecule has 0 saturated heterocycles. The van der Waals surface area contributed by atoms with E-state index in [1.807, 2.05) is 75.4 Å². The Kier molecular flexibility index (Phi) is 9.11. The topological polar surface area (TPSA) is 79.3 Å². The second-order valence-electron chi connectivity index (χ2n) is 9.75. The van der Waals surface area contributed by atoms with Crippen LogP contribution in [-0.2, 0) is 11.0 Å². The molecule has 0 fully saturated rings. The van der Waals surface area contributed by atoms with Gasteiger partial charge >= 0.3 is 12.2 Å². The monoisotopic (exact) mass is 563 g/mol. The first-order chi connectivity index (χ1) is 19.6. The summed E-state index contributed by atoms with van der Waals surface area (Å²) in [6.07, 6.45) is -3.18. The van der Waals surface area contributed by atoms with Gasteiger partial charge in [0.25, 0.3) is 0 Å². The van der Waals surface area contributed by atoms with Gasteiger partial charge in [-0.05, 0) is 56.2 Å². The van der Waals surface area contributed by atoms with Gasteiger partial charge in [-0.25, -0.2) is 9.48 Å². The number of aryl methyl sites for hydroxylation is 2. The number of carbonyl (C=O) groups is 2. The van der Waals surface area contributed by atoms with Gasteiger partial charge in [0.05, 0.1) is 16.9 Å². The minimum absolute atomic E-state index is 0.00818. The van der Waals surface area contributed by atoms with Crippen molar-refractivity contribution in [3.8, 4) is 16.8 Å². The van der Waals surface area contributed by atoms with E-state index in [1.54, 1.807) is 4.68 Å². The SMILES string of the molecule is CCCCN(CC(=O)Nc1c(-c2ccccc2)c(C)nn1-c1ccc(C)cc1)C(=O)Nc1cccc(C(F)(F)F)c1. The molecule has 0 radical (unpaired) electrons. The van der Waals surface area contributed by atoms with Crippen molar-refractivity contribution < 1.29 is 22.8 Å². The van der Waals surface area contributed by atoms with E-state index in [2.05, 4.69) is 10.6 Å². The van der Waals surface area contributed by atoms with E-state index in [4.69, 9.17) is 5.10 Å². The standard InChI is InChI=1S/C31H32F3N5O2/c1-4-5-18-38(30(41)35-25-13-9-12-24(19-25)31(32,33)34)20-27(40)36-29-28(23-10-7-6-8-11-23)22(3)37-39(29)26-16-14-21(2)15-17-26/h6-17,19H,4-5,18,20H2,1-3H3,(H,35,41)(H,36,40). The lowest BCUT2D eigenvalue weighted by molar-refractivity contribution is -0.137. The van der Waals surface area contributed by atoms with Gasteiger partial charge in [0.1, 0.15) is 12.4 Å². The third kappa shape index (κ3) is 7.33. The molecule has 4 rings (SSSR count). The number of aromatic nitrogens is 2. The zero-order chi connectivity index (χ0) is 29.6. The molecule has 4 aromatic rings. The molecule has 0 spiro atoms. The molecule has 0 aliphatic rings. The van der Waals surface area contributed by atoms with Crippen LogP contribution in [0.15, 0.2) is 78.9 Å². The van der Waals surface area contributed by atoms with Gasteiger partial charge in [-0.2, -0.15) is 18.3 Å². The minimum atomic E-state index is -4.54. The number of unbranched alkanes of at least 4 members (excludes halogenated alkanes) is 1. The lowest BCUT2D eigenvalue weighted by Gasteiger charge is -2.23. The Morgan fingerprint density at radius 1 is 0.927 bits per heavy atom. The molecule has 1 aromatic heterocycles. The number of nitrogens with one attached hydrogen (secondary N) is 2. The average Bonchev–Trinajstić information content (AvgIpc) is 3.26. The number of anilines is 2. The highest BCUT2D eigenvalue weighted by atomic mass is 19.4. The first kappa shape index (κ1) is 29.4. The number of nitrogens with zero attached hydrogens (tertiary/aromatic N) is 3. The molecule has 0 aliphatic heterocycles. The van der Waals surface area contributed by atoms with Crippen molar-refractivity contribution in [3.05, 3.63) is 95.7 Å². The van der Waals surface area contributed by atoms with Crippen LogP contribution in [0.1, 0.15) is 36.6 Å². The summed E-state index contributed by atoms with van der Waals surface area (Å²) in [5.41, 5.74) is 3.26. The molecule has 2 N–H and O–H groups in total. The van der Waals surface area contributed by atoms with Gasteiger partial charge in [0.15, 0.2) is 0 Å². The summed E-state index contributed by atoms with van der Waals surface area (Å²) in [4.78, 5) is 27.8. The zero-order valence-corrected chi connectivity index (χ0v) is 23.1. The number of halogens is 3. The molecular formula is C31H32F3N5O2. The molecule has 7 nitrogen and oxygen atoms in total. The fraction of sp³-hybridized carbons (Fsp3) is 0.258. The highest BCUT2D eigenvalue weighted by Crippen LogP contribution is 2.34. The number of amides is 3. The predicted molar refractivity (Wildman–Crippen MR) is 154 cm³/mol. The van der Waals surface area contributed by atoms with Crippen molar-refractivity contribution in [1.82, 2.24) is 14.7 Å². The summed E-state index contributed by atoms with van der Waals surface area (Å²) in [5.74, 6) is -0.0120. The highest BCUT2D eigenvalue weighted by molar-refractivity contribution is 5.99. The Bertz CT molecular complexity index is 1500. The molecule has 0 bridgehead atoms. The first-order valence-electron chi connectivity index (χ1n) is 13.3. The Balaban J connectivity index is 1.61. The summed E-state index contributed by atoms with van der Waals surface area (Å²) in [7, 11) is 0. The van der Waals surface area contributed by atoms with Crippen molar-refractivity contribution in [2.75, 3.05) is 23.7 Å². The number of benzene rings is 3. The van der Waals surface area contributed by atoms with Crippen molar-refractivity contribution in [2.45, 2.75) is 39.8 Å². The molecule has 214 valence electrons. The Morgan fingerprint density at radius 3 is 2.29 bits per heavy atom. The number of carbonyl (C=O) groups excluding carboxylic acids is 2. The van der Waals surface area contributed by atoms with Crippen LogP contribution in [0.25, 0.3) is 16.8 Å². The van der Waals surface area contributed by atoms with Crippen LogP contribution in [0, 0.1) is 13.8 Å². The van der Waals surface area contributed by atoms with E-state index in [1.165, 1.54) is 17.0 Å². The van der Waals surface area contributed by atoms with E-state index >= 15 is 0 Å². The highest BCUT2D eigenvalue weighted by Gasteiger charge is 2.31. The molecule has 0 saturated carbocycles. The molecule has 0 unspecified atom stereocenters. The Morgan fingerprint density at radius 2 is 1.63 bits per heavy atom. The number of hydrogen-bond acceptors (Lipinski definition) is 3. The fourth-order valence-electron chi connectivity index (χ4n) is 4.39. The Labute approximate surface area is 237 Å². The smallest absolute Gasteiger partial charge is 0.315 e. The van der Waals surface area contributed by atoms with Crippen molar-refractivity contribution in [1.29, 1.82) is 0 Å². The average molecular weight is 564 g/mol. The van der Waals surface area contributed by atoms with E-state index < -0.39 is 23.7 Å². The van der Waals surface area contributed by atoms with Gasteiger partial charge in [0, 0.05) is 17.8 Å². The summed E-state index contributed by atoms with van der Waals surface area (Å²) in [6, 6.07) is 21.0. The van der Waals surface area contributed by atoms with Gasteiger partial charge in [-0.1, -0.05) is 67.4 Å². The maximum absolute atomic E-state index is 13.4. The van der Waals surface area contributed by atoms with Gasteiger partial charge in [-0.15, -0.1) is 0 Å². The van der Waals surface area contributed by atoms with E-state index in [-0.39, 0.29) is 18.8 Å². The number of urea groups is 1. The molecule has 3 aromatic carbocycles. The predicted octanol–water partition coefficient (Wildman–Crippen LogP) is 7.45. The maximum Gasteiger partial charge on any atom is 0.416 e. The third-order valence-corrected chi connectivity index (χ3v) is 6.50. The number of rotatable bonds is 9. The van der Waals surface area contributed by atoms with E-state index in [0.29, 0.717) is 17.9 Å². The molecule has 0 atom stereocenters. The zero-order valence-electron chi connectivity index (χ0n) is 23.1. The normalized spacial score (nSPS) is 11.3. The number of hydrogen-bond donors (Lipinski definition) is 2. The van der Waals surface area contributed by atoms with Gasteiger partial charge < -0.3 is 15.5 Å². The summed E-state index contributed by atoms with van der Waals surface area (Å²) in [6.45, 7) is 5.72. The van der Waals surface area contributed by atoms with Crippen molar-refractivity contribution in [2.24, 2.45) is 0 Å². The van der Waals surface area contributed by atoms with Crippen LogP contribution in [0.5, 0.6) is 0 Å². The summed E-state index contributed by atoms with van der Waals surface area (Å²) in [5, 5.41) is 10.2. The maximum atomic E-state index is 13.4. The van der Waals surface area contributed by atoms with Crippen LogP contribution in [0.2, 0.25) is 0 Å². The molecule has 0 aliphatic carbocycles. The second kappa shape index (κ2) is 12.7. The lowest BCUT2D eigenvalue weighted by Crippen LogP contribution is -2.41. The lowest BCUT2D eigenvalue weighted by atomic mass is 10.1. The fourth-order valence-corrected chi connectivity index (χ4v) is 4.39. The largest absolute Gasteiger partial charge is 0.416 e. The van der Waals surface area contributed by atoms with Crippen molar-refractivity contribution >= 4 is 23.4 Å². The van der Waals surface area contributed by atoms with Gasteiger partial charge in [-0.3, -0.25) is 4.79 Å². The molecule has 41 heavy (non-hydrogen) atoms. The molecule has 1 heterocycles. The van der Waals surface area contributed by atoms with Crippen LogP contribution < -0.4 is 10.6 Å². The molecular weight excluding hydrogens is 531 g/mol. The minimum Gasteiger partial charge on any atom is -0.315 e. The summed E-state index contributed by atoms with van der Waals surface area (Å²) < 4.78 is 41.1. The second-order valence-corrected chi connectivity index (χ2v) is 9.75. The molecule has 3 amide bonds. The molecule has 10 heteroatoms. The van der Waals surface area contributed by atoms with Gasteiger partial charge in [0.2, 0.25) is 5.91 Å². The van der Waals surface area contributed by atoms with Crippen LogP contribution in [-0.4, -0.2) is 39.7 Å². The van der Waals surface area contributed by atoms with E-state index in [9.17, 15) is 22.8 Å². The Hall–Kier alpha value is -4.60. The third-order valence-electron chi connectivity index (χ3n) is 6.50.